The van der Waals surface area contributed by atoms with Crippen molar-refractivity contribution >= 4 is 0 Å². The third kappa shape index (κ3) is 24.6. The number of benzene rings is 1. The fourth-order valence-corrected chi connectivity index (χ4v) is 0.534. The van der Waals surface area contributed by atoms with E-state index in [2.05, 4.69) is 23.8 Å². The average molecular weight is 214 g/mol. The Balaban J connectivity index is -0.000000156. The van der Waals surface area contributed by atoms with E-state index in [0.717, 1.165) is 13.7 Å². The van der Waals surface area contributed by atoms with E-state index in [1.54, 1.807) is 7.11 Å². The maximum Gasteiger partial charge on any atom is 0.0433 e. The highest BCUT2D eigenvalue weighted by Crippen LogP contribution is 1.92. The monoisotopic (exact) mass is 214 g/mol. The van der Waals surface area contributed by atoms with Crippen LogP contribution < -0.4 is 0 Å². The molecule has 15 heavy (non-hydrogen) atoms. The minimum Gasteiger partial charge on any atom is -0.400 e. The van der Waals surface area contributed by atoms with Gasteiger partial charge in [0, 0.05) is 20.8 Å². The van der Waals surface area contributed by atoms with Gasteiger partial charge in [-0.1, -0.05) is 49.7 Å². The Morgan fingerprint density at radius 3 is 1.53 bits per heavy atom. The highest BCUT2D eigenvalue weighted by atomic mass is 16.5. The number of methoxy groups -OCH3 is 1. The third-order valence-corrected chi connectivity index (χ3v) is 1.23. The molecule has 0 radical (unpaired) electrons. The van der Waals surface area contributed by atoms with Crippen LogP contribution in [0.1, 0.15) is 26.3 Å². The summed E-state index contributed by atoms with van der Waals surface area (Å²) in [6.45, 7) is 8.86. The minimum absolute atomic E-state index is 0.819. The van der Waals surface area contributed by atoms with Crippen molar-refractivity contribution in [3.63, 3.8) is 0 Å². The molecule has 90 valence electrons. The van der Waals surface area contributed by atoms with Crippen LogP contribution in [-0.2, 0) is 4.74 Å². The highest BCUT2D eigenvalue weighted by Gasteiger charge is 1.72. The lowest BCUT2D eigenvalue weighted by atomic mass is 10.2. The lowest BCUT2D eigenvalue weighted by molar-refractivity contribution is 0.215. The molecule has 2 nitrogen and oxygen atoms in total. The van der Waals surface area contributed by atoms with Crippen molar-refractivity contribution in [3.05, 3.63) is 35.9 Å². The van der Waals surface area contributed by atoms with Crippen LogP contribution in [-0.4, -0.2) is 25.9 Å². The average Bonchev–Trinajstić information content (AvgIpc) is 2.35. The quantitative estimate of drug-likeness (QED) is 0.777. The molecule has 0 aliphatic rings. The molecule has 0 atom stereocenters. The summed E-state index contributed by atoms with van der Waals surface area (Å²) in [5.41, 5.74) is 1.32. The predicted octanol–water partition coefficient (Wildman–Crippen LogP) is 3.28. The fourth-order valence-electron chi connectivity index (χ4n) is 0.534. The van der Waals surface area contributed by atoms with Crippen LogP contribution in [0.15, 0.2) is 30.3 Å². The maximum absolute atomic E-state index is 7.00. The second-order valence-corrected chi connectivity index (χ2v) is 2.23. The van der Waals surface area contributed by atoms with E-state index >= 15 is 0 Å². The summed E-state index contributed by atoms with van der Waals surface area (Å²) in [4.78, 5) is 0. The predicted molar refractivity (Wildman–Crippen MR) is 68.2 cm³/mol. The van der Waals surface area contributed by atoms with Crippen molar-refractivity contribution < 1.29 is 9.84 Å². The summed E-state index contributed by atoms with van der Waals surface area (Å²) >= 11 is 0. The molecule has 0 heterocycles. The van der Waals surface area contributed by atoms with Crippen molar-refractivity contribution in [2.75, 3.05) is 20.8 Å². The zero-order valence-electron chi connectivity index (χ0n) is 10.9. The zero-order chi connectivity index (χ0) is 12.5. The van der Waals surface area contributed by atoms with E-state index in [-0.39, 0.29) is 0 Å². The van der Waals surface area contributed by atoms with Gasteiger partial charge in [-0.15, -0.1) is 0 Å². The van der Waals surface area contributed by atoms with Crippen molar-refractivity contribution in [2.24, 2.45) is 0 Å². The Labute approximate surface area is 94.9 Å². The lowest BCUT2D eigenvalue weighted by Gasteiger charge is -1.82. The van der Waals surface area contributed by atoms with Crippen LogP contribution in [0.5, 0.6) is 0 Å². The first kappa shape index (κ1) is 19.7. The van der Waals surface area contributed by atoms with E-state index < -0.39 is 0 Å². The van der Waals surface area contributed by atoms with Gasteiger partial charge >= 0.3 is 0 Å². The number of aryl methyl sites for hydroxylation is 1. The summed E-state index contributed by atoms with van der Waals surface area (Å²) in [6.07, 6.45) is 0. The van der Waals surface area contributed by atoms with Crippen LogP contribution >= 0.6 is 0 Å². The molecular weight excluding hydrogens is 188 g/mol. The van der Waals surface area contributed by atoms with E-state index in [1.807, 2.05) is 39.0 Å². The first-order valence-electron chi connectivity index (χ1n) is 5.26. The molecule has 0 aliphatic carbocycles. The number of hydrogen-bond donors (Lipinski definition) is 1. The highest BCUT2D eigenvalue weighted by molar-refractivity contribution is 5.11. The summed E-state index contributed by atoms with van der Waals surface area (Å²) in [5.74, 6) is 0. The molecule has 0 amide bonds. The van der Waals surface area contributed by atoms with Gasteiger partial charge in [0.1, 0.15) is 0 Å². The molecule has 1 aromatic rings. The second kappa shape index (κ2) is 23.2. The van der Waals surface area contributed by atoms with Gasteiger partial charge in [-0.2, -0.15) is 0 Å². The maximum atomic E-state index is 7.00. The Morgan fingerprint density at radius 1 is 1.07 bits per heavy atom. The molecule has 0 saturated carbocycles. The van der Waals surface area contributed by atoms with Gasteiger partial charge in [0.25, 0.3) is 0 Å². The van der Waals surface area contributed by atoms with Gasteiger partial charge < -0.3 is 9.84 Å². The normalized spacial score (nSPS) is 6.87. The van der Waals surface area contributed by atoms with Crippen molar-refractivity contribution in [3.8, 4) is 0 Å². The van der Waals surface area contributed by atoms with Gasteiger partial charge in [-0.05, 0) is 13.8 Å². The molecule has 0 spiro atoms. The van der Waals surface area contributed by atoms with Gasteiger partial charge in [-0.3, -0.25) is 0 Å². The first-order chi connectivity index (χ1) is 7.31. The Hall–Kier alpha value is -0.860. The lowest BCUT2D eigenvalue weighted by Crippen LogP contribution is -1.73. The molecule has 1 rings (SSSR count). The SMILES string of the molecule is CC.CCOC.CO.Cc1ccccc1. The van der Waals surface area contributed by atoms with Crippen LogP contribution in [0, 0.1) is 6.92 Å². The molecule has 0 bridgehead atoms. The molecule has 0 unspecified atom stereocenters. The Bertz CT molecular complexity index is 159. The van der Waals surface area contributed by atoms with E-state index in [1.165, 1.54) is 5.56 Å². The van der Waals surface area contributed by atoms with E-state index in [0.29, 0.717) is 0 Å². The fraction of sp³-hybridized carbons (Fsp3) is 0.538. The molecule has 0 aromatic heterocycles. The van der Waals surface area contributed by atoms with Crippen LogP contribution in [0.3, 0.4) is 0 Å². The number of aliphatic hydroxyl groups excluding tert-OH is 1. The van der Waals surface area contributed by atoms with Gasteiger partial charge in [0.15, 0.2) is 0 Å². The van der Waals surface area contributed by atoms with Crippen LogP contribution in [0.2, 0.25) is 0 Å². The summed E-state index contributed by atoms with van der Waals surface area (Å²) in [7, 11) is 2.68. The summed E-state index contributed by atoms with van der Waals surface area (Å²) in [5, 5.41) is 7.00. The van der Waals surface area contributed by atoms with Crippen LogP contribution in [0.4, 0.5) is 0 Å². The van der Waals surface area contributed by atoms with Crippen molar-refractivity contribution in [1.29, 1.82) is 0 Å². The van der Waals surface area contributed by atoms with Crippen LogP contribution in [0.25, 0.3) is 0 Å². The number of rotatable bonds is 1. The van der Waals surface area contributed by atoms with Crippen molar-refractivity contribution in [1.82, 2.24) is 0 Å². The molecule has 0 aliphatic heterocycles. The summed E-state index contributed by atoms with van der Waals surface area (Å²) in [6, 6.07) is 10.3. The minimum atomic E-state index is 0.819. The number of hydrogen-bond acceptors (Lipinski definition) is 2. The molecule has 2 heteroatoms. The Morgan fingerprint density at radius 2 is 1.40 bits per heavy atom. The van der Waals surface area contributed by atoms with E-state index in [9.17, 15) is 0 Å². The topological polar surface area (TPSA) is 29.5 Å². The number of ether oxygens (including phenoxy) is 1. The molecule has 0 fully saturated rings. The van der Waals surface area contributed by atoms with Gasteiger partial charge in [-0.25, -0.2) is 0 Å². The third-order valence-electron chi connectivity index (χ3n) is 1.23. The standard InChI is InChI=1S/C7H8.C3H8O.C2H6.CH4O/c1-7-5-3-2-4-6-7;1-3-4-2;2*1-2/h2-6H,1H3;3H2,1-2H3;1-2H3;2H,1H3. The second-order valence-electron chi connectivity index (χ2n) is 2.23. The smallest absolute Gasteiger partial charge is 0.0433 e. The first-order valence-corrected chi connectivity index (χ1v) is 5.26. The number of aliphatic hydroxyl groups is 1. The molecular formula is C13H26O2. The summed E-state index contributed by atoms with van der Waals surface area (Å²) < 4.78 is 4.54. The van der Waals surface area contributed by atoms with Crippen molar-refractivity contribution in [2.45, 2.75) is 27.7 Å². The van der Waals surface area contributed by atoms with E-state index in [4.69, 9.17) is 5.11 Å². The Kier molecular flexibility index (Phi) is 30.4. The molecule has 1 aromatic carbocycles. The largest absolute Gasteiger partial charge is 0.400 e. The van der Waals surface area contributed by atoms with Gasteiger partial charge in [0.05, 0.1) is 0 Å². The molecule has 0 saturated heterocycles. The van der Waals surface area contributed by atoms with Gasteiger partial charge in [0.2, 0.25) is 0 Å². The molecule has 1 N–H and O–H groups in total. The zero-order valence-corrected chi connectivity index (χ0v) is 10.9.